The zero-order chi connectivity index (χ0) is 16.1. The molecule has 0 bridgehead atoms. The van der Waals surface area contributed by atoms with Crippen LogP contribution in [0.1, 0.15) is 26.3 Å². The summed E-state index contributed by atoms with van der Waals surface area (Å²) in [4.78, 5) is 25.0. The van der Waals surface area contributed by atoms with E-state index in [0.717, 1.165) is 24.0 Å². The third-order valence-electron chi connectivity index (χ3n) is 3.53. The minimum atomic E-state index is -0.377. The van der Waals surface area contributed by atoms with Crippen molar-refractivity contribution >= 4 is 16.8 Å². The summed E-state index contributed by atoms with van der Waals surface area (Å²) in [6, 6.07) is 6.85. The Labute approximate surface area is 129 Å². The Hall–Kier alpha value is -2.14. The summed E-state index contributed by atoms with van der Waals surface area (Å²) in [5.41, 5.74) is 1.04. The molecule has 22 heavy (non-hydrogen) atoms. The Bertz CT molecular complexity index is 716. The van der Waals surface area contributed by atoms with Crippen LogP contribution >= 0.6 is 0 Å². The molecule has 0 amide bonds. The lowest BCUT2D eigenvalue weighted by Gasteiger charge is -2.18. The standard InChI is InChI=1S/C17H21NO4/c1-4-18(5-2)10-13-8-17(20)22-16-9-14(6-7-15(13)16)21-11-12(3)19/h6-9H,4-5,10-11H2,1-3H3. The number of hydrogen-bond donors (Lipinski definition) is 0. The SMILES string of the molecule is CCN(CC)Cc1cc(=O)oc2cc(OCC(C)=O)ccc12. The summed E-state index contributed by atoms with van der Waals surface area (Å²) >= 11 is 0. The fourth-order valence-corrected chi connectivity index (χ4v) is 2.30. The van der Waals surface area contributed by atoms with Crippen molar-refractivity contribution in [2.24, 2.45) is 0 Å². The van der Waals surface area contributed by atoms with E-state index in [2.05, 4.69) is 18.7 Å². The van der Waals surface area contributed by atoms with E-state index in [1.165, 1.54) is 13.0 Å². The number of ether oxygens (including phenoxy) is 1. The quantitative estimate of drug-likeness (QED) is 0.736. The van der Waals surface area contributed by atoms with Crippen molar-refractivity contribution in [2.75, 3.05) is 19.7 Å². The van der Waals surface area contributed by atoms with Crippen molar-refractivity contribution in [1.82, 2.24) is 4.90 Å². The fourth-order valence-electron chi connectivity index (χ4n) is 2.30. The molecular formula is C17H21NO4. The molecule has 1 aromatic heterocycles. The maximum atomic E-state index is 11.8. The van der Waals surface area contributed by atoms with Gasteiger partial charge in [0.15, 0.2) is 5.78 Å². The number of Topliss-reactive ketones (excluding diaryl/α,β-unsaturated/α-hetero) is 1. The van der Waals surface area contributed by atoms with Gasteiger partial charge in [-0.15, -0.1) is 0 Å². The Balaban J connectivity index is 2.38. The number of fused-ring (bicyclic) bond motifs is 1. The second-order valence-electron chi connectivity index (χ2n) is 5.20. The first-order valence-electron chi connectivity index (χ1n) is 7.44. The van der Waals surface area contributed by atoms with E-state index in [1.54, 1.807) is 12.1 Å². The molecule has 5 nitrogen and oxygen atoms in total. The fraction of sp³-hybridized carbons (Fsp3) is 0.412. The summed E-state index contributed by atoms with van der Waals surface area (Å²) in [6.07, 6.45) is 0. The van der Waals surface area contributed by atoms with Crippen molar-refractivity contribution in [2.45, 2.75) is 27.3 Å². The number of rotatable bonds is 7. The predicted molar refractivity (Wildman–Crippen MR) is 85.3 cm³/mol. The van der Waals surface area contributed by atoms with E-state index in [4.69, 9.17) is 9.15 Å². The molecule has 0 unspecified atom stereocenters. The van der Waals surface area contributed by atoms with Gasteiger partial charge >= 0.3 is 5.63 Å². The molecule has 0 aliphatic rings. The minimum absolute atomic E-state index is 0.00881. The van der Waals surface area contributed by atoms with Crippen LogP contribution in [0.25, 0.3) is 11.0 Å². The van der Waals surface area contributed by atoms with E-state index < -0.39 is 0 Å². The molecule has 0 fully saturated rings. The highest BCUT2D eigenvalue weighted by atomic mass is 16.5. The molecule has 0 spiro atoms. The zero-order valence-electron chi connectivity index (χ0n) is 13.2. The van der Waals surface area contributed by atoms with Crippen LogP contribution in [0.4, 0.5) is 0 Å². The molecule has 0 saturated heterocycles. The highest BCUT2D eigenvalue weighted by molar-refractivity contribution is 5.82. The van der Waals surface area contributed by atoms with Crippen LogP contribution in [-0.4, -0.2) is 30.4 Å². The van der Waals surface area contributed by atoms with Crippen molar-refractivity contribution in [3.8, 4) is 5.75 Å². The van der Waals surface area contributed by atoms with Crippen LogP contribution in [0.2, 0.25) is 0 Å². The van der Waals surface area contributed by atoms with Crippen LogP contribution < -0.4 is 10.4 Å². The van der Waals surface area contributed by atoms with Crippen LogP contribution in [0.15, 0.2) is 33.5 Å². The van der Waals surface area contributed by atoms with E-state index in [-0.39, 0.29) is 18.0 Å². The van der Waals surface area contributed by atoms with Gasteiger partial charge in [0.1, 0.15) is 17.9 Å². The molecule has 0 saturated carbocycles. The van der Waals surface area contributed by atoms with Crippen LogP contribution in [-0.2, 0) is 11.3 Å². The van der Waals surface area contributed by atoms with Gasteiger partial charge in [0.2, 0.25) is 0 Å². The van der Waals surface area contributed by atoms with E-state index >= 15 is 0 Å². The number of carbonyl (C=O) groups is 1. The molecule has 1 aromatic carbocycles. The number of benzene rings is 1. The summed E-state index contributed by atoms with van der Waals surface area (Å²) in [6.45, 7) is 8.17. The maximum absolute atomic E-state index is 11.8. The normalized spacial score (nSPS) is 11.1. The molecule has 2 rings (SSSR count). The number of carbonyl (C=O) groups excluding carboxylic acids is 1. The summed E-state index contributed by atoms with van der Waals surface area (Å²) in [5.74, 6) is 0.461. The van der Waals surface area contributed by atoms with Gasteiger partial charge < -0.3 is 9.15 Å². The van der Waals surface area contributed by atoms with Crippen molar-refractivity contribution in [3.05, 3.63) is 40.2 Å². The topological polar surface area (TPSA) is 59.8 Å². The number of ketones is 1. The Morgan fingerprint density at radius 1 is 1.23 bits per heavy atom. The van der Waals surface area contributed by atoms with Gasteiger partial charge in [-0.2, -0.15) is 0 Å². The van der Waals surface area contributed by atoms with Gasteiger partial charge in [0.05, 0.1) is 0 Å². The molecule has 0 aliphatic carbocycles. The molecular weight excluding hydrogens is 282 g/mol. The van der Waals surface area contributed by atoms with Gasteiger partial charge in [-0.25, -0.2) is 4.79 Å². The van der Waals surface area contributed by atoms with Gasteiger partial charge in [-0.1, -0.05) is 13.8 Å². The van der Waals surface area contributed by atoms with Gasteiger partial charge in [0.25, 0.3) is 0 Å². The van der Waals surface area contributed by atoms with Gasteiger partial charge in [-0.3, -0.25) is 9.69 Å². The predicted octanol–water partition coefficient (Wildman–Crippen LogP) is 2.60. The van der Waals surface area contributed by atoms with E-state index in [9.17, 15) is 9.59 Å². The van der Waals surface area contributed by atoms with Gasteiger partial charge in [0, 0.05) is 24.1 Å². The third kappa shape index (κ3) is 3.95. The van der Waals surface area contributed by atoms with Gasteiger partial charge in [-0.05, 0) is 37.7 Å². The summed E-state index contributed by atoms with van der Waals surface area (Å²) in [5, 5.41) is 0.890. The molecule has 0 atom stereocenters. The second-order valence-corrected chi connectivity index (χ2v) is 5.20. The highest BCUT2D eigenvalue weighted by Crippen LogP contribution is 2.23. The second kappa shape index (κ2) is 7.22. The first-order chi connectivity index (χ1) is 10.5. The molecule has 0 N–H and O–H groups in total. The van der Waals surface area contributed by atoms with E-state index in [0.29, 0.717) is 17.9 Å². The Morgan fingerprint density at radius 3 is 2.59 bits per heavy atom. The molecule has 5 heteroatoms. The molecule has 0 aliphatic heterocycles. The van der Waals surface area contributed by atoms with Crippen molar-refractivity contribution in [3.63, 3.8) is 0 Å². The smallest absolute Gasteiger partial charge is 0.336 e. The zero-order valence-corrected chi connectivity index (χ0v) is 13.2. The minimum Gasteiger partial charge on any atom is -0.486 e. The average molecular weight is 303 g/mol. The lowest BCUT2D eigenvalue weighted by Crippen LogP contribution is -2.23. The lowest BCUT2D eigenvalue weighted by molar-refractivity contribution is -0.118. The highest BCUT2D eigenvalue weighted by Gasteiger charge is 2.10. The molecule has 2 aromatic rings. The van der Waals surface area contributed by atoms with Crippen LogP contribution in [0, 0.1) is 0 Å². The Morgan fingerprint density at radius 2 is 1.95 bits per heavy atom. The monoisotopic (exact) mass is 303 g/mol. The van der Waals surface area contributed by atoms with Crippen LogP contribution in [0.5, 0.6) is 5.75 Å². The first kappa shape index (κ1) is 16.2. The number of hydrogen-bond acceptors (Lipinski definition) is 5. The van der Waals surface area contributed by atoms with Crippen molar-refractivity contribution < 1.29 is 13.9 Å². The molecule has 1 heterocycles. The maximum Gasteiger partial charge on any atom is 0.336 e. The first-order valence-corrected chi connectivity index (χ1v) is 7.44. The van der Waals surface area contributed by atoms with Crippen molar-refractivity contribution in [1.29, 1.82) is 0 Å². The summed E-state index contributed by atoms with van der Waals surface area (Å²) < 4.78 is 10.6. The number of nitrogens with zero attached hydrogens (tertiary/aromatic N) is 1. The molecule has 118 valence electrons. The third-order valence-corrected chi connectivity index (χ3v) is 3.53. The van der Waals surface area contributed by atoms with Crippen LogP contribution in [0.3, 0.4) is 0 Å². The largest absolute Gasteiger partial charge is 0.486 e. The Kier molecular flexibility index (Phi) is 5.33. The average Bonchev–Trinajstić information content (AvgIpc) is 2.49. The summed E-state index contributed by atoms with van der Waals surface area (Å²) in [7, 11) is 0. The lowest BCUT2D eigenvalue weighted by atomic mass is 10.1. The van der Waals surface area contributed by atoms with E-state index in [1.807, 2.05) is 6.07 Å². The molecule has 0 radical (unpaired) electrons.